The number of aryl methyl sites for hydroxylation is 1. The monoisotopic (exact) mass is 625 g/mol. The van der Waals surface area contributed by atoms with Crippen LogP contribution in [0.15, 0.2) is 72.8 Å². The minimum Gasteiger partial charge on any atom is -0.494 e. The maximum atomic E-state index is 14.5. The van der Waals surface area contributed by atoms with Gasteiger partial charge in [-0.15, -0.1) is 0 Å². The molecular weight excluding hydrogens is 578 g/mol. The third-order valence-electron chi connectivity index (χ3n) is 8.64. The van der Waals surface area contributed by atoms with Gasteiger partial charge in [-0.25, -0.2) is 4.79 Å². The fourth-order valence-electron chi connectivity index (χ4n) is 6.30. The Morgan fingerprint density at radius 1 is 0.935 bits per heavy atom. The molecule has 2 aliphatic rings. The van der Waals surface area contributed by atoms with Crippen molar-refractivity contribution in [2.75, 3.05) is 6.61 Å². The van der Waals surface area contributed by atoms with Crippen LogP contribution in [0.3, 0.4) is 0 Å². The molecule has 1 heterocycles. The van der Waals surface area contributed by atoms with Crippen molar-refractivity contribution in [3.63, 3.8) is 0 Å². The van der Waals surface area contributed by atoms with Crippen molar-refractivity contribution >= 4 is 17.9 Å². The molecule has 3 amide bonds. The minimum absolute atomic E-state index is 0.111. The Kier molecular flexibility index (Phi) is 10.7. The molecule has 3 aromatic rings. The molecule has 244 valence electrons. The summed E-state index contributed by atoms with van der Waals surface area (Å²) in [6.07, 6.45) is 4.80. The van der Waals surface area contributed by atoms with Gasteiger partial charge in [0.05, 0.1) is 12.6 Å². The average molecular weight is 626 g/mol. The third kappa shape index (κ3) is 8.47. The van der Waals surface area contributed by atoms with Crippen molar-refractivity contribution < 1.29 is 23.9 Å². The summed E-state index contributed by atoms with van der Waals surface area (Å²) in [5, 5.41) is 6.13. The molecule has 0 saturated carbocycles. The van der Waals surface area contributed by atoms with Crippen molar-refractivity contribution in [1.29, 1.82) is 0 Å². The molecule has 8 heteroatoms. The summed E-state index contributed by atoms with van der Waals surface area (Å²) in [4.78, 5) is 43.3. The minimum atomic E-state index is -0.947. The van der Waals surface area contributed by atoms with Crippen LogP contribution in [0.25, 0.3) is 0 Å². The number of fused-ring (bicyclic) bond motifs is 2. The van der Waals surface area contributed by atoms with Crippen LogP contribution < -0.4 is 15.4 Å². The maximum absolute atomic E-state index is 14.5. The van der Waals surface area contributed by atoms with Crippen LogP contribution in [-0.4, -0.2) is 47.1 Å². The Hall–Kier alpha value is -4.33. The van der Waals surface area contributed by atoms with Gasteiger partial charge in [0.15, 0.2) is 0 Å². The Balaban J connectivity index is 1.40. The van der Waals surface area contributed by atoms with Gasteiger partial charge in [-0.3, -0.25) is 9.59 Å². The second-order valence-electron chi connectivity index (χ2n) is 13.4. The summed E-state index contributed by atoms with van der Waals surface area (Å²) < 4.78 is 11.4. The largest absolute Gasteiger partial charge is 0.494 e. The molecule has 3 atom stereocenters. The number of rotatable bonds is 10. The Labute approximate surface area is 272 Å². The number of carbonyl (C=O) groups excluding carboxylic acids is 3. The molecular formula is C38H47N3O5. The number of carbonyl (C=O) groups is 3. The molecule has 1 aliphatic carbocycles. The number of nitrogens with zero attached hydrogens (tertiary/aromatic N) is 1. The van der Waals surface area contributed by atoms with E-state index in [4.69, 9.17) is 9.47 Å². The molecule has 2 N–H and O–H groups in total. The molecule has 46 heavy (non-hydrogen) atoms. The van der Waals surface area contributed by atoms with Crippen molar-refractivity contribution in [1.82, 2.24) is 15.5 Å². The summed E-state index contributed by atoms with van der Waals surface area (Å²) in [5.74, 6) is 0.246. The first-order valence-corrected chi connectivity index (χ1v) is 16.6. The summed E-state index contributed by atoms with van der Waals surface area (Å²) >= 11 is 0. The van der Waals surface area contributed by atoms with Gasteiger partial charge in [-0.05, 0) is 86.4 Å². The lowest BCUT2D eigenvalue weighted by molar-refractivity contribution is -0.143. The zero-order chi connectivity index (χ0) is 32.7. The van der Waals surface area contributed by atoms with E-state index in [9.17, 15) is 14.4 Å². The molecule has 0 spiro atoms. The topological polar surface area (TPSA) is 97.0 Å². The summed E-state index contributed by atoms with van der Waals surface area (Å²) in [6.45, 7) is 8.38. The summed E-state index contributed by atoms with van der Waals surface area (Å²) in [7, 11) is 0. The van der Waals surface area contributed by atoms with Crippen molar-refractivity contribution in [3.8, 4) is 5.75 Å². The Bertz CT molecular complexity index is 1510. The van der Waals surface area contributed by atoms with Gasteiger partial charge in [0.2, 0.25) is 11.8 Å². The first kappa shape index (κ1) is 33.0. The van der Waals surface area contributed by atoms with Crippen LogP contribution >= 0.6 is 0 Å². The number of amides is 3. The fourth-order valence-corrected chi connectivity index (χ4v) is 6.30. The zero-order valence-corrected chi connectivity index (χ0v) is 27.5. The number of nitrogens with one attached hydrogen (secondary N) is 2. The van der Waals surface area contributed by atoms with Crippen LogP contribution in [-0.2, 0) is 40.1 Å². The molecule has 3 aromatic carbocycles. The van der Waals surface area contributed by atoms with Crippen molar-refractivity contribution in [3.05, 3.63) is 101 Å². The number of unbranched alkanes of at least 4 members (excludes halogenated alkanes) is 1. The predicted octanol–water partition coefficient (Wildman–Crippen LogP) is 6.45. The van der Waals surface area contributed by atoms with Gasteiger partial charge in [0, 0.05) is 19.4 Å². The quantitative estimate of drug-likeness (QED) is 0.253. The highest BCUT2D eigenvalue weighted by Crippen LogP contribution is 2.31. The molecule has 0 radical (unpaired) electrons. The number of benzene rings is 3. The van der Waals surface area contributed by atoms with E-state index in [1.807, 2.05) is 60.7 Å². The molecule has 0 unspecified atom stereocenters. The van der Waals surface area contributed by atoms with Crippen LogP contribution in [0.2, 0.25) is 0 Å². The number of ether oxygens (including phenoxy) is 2. The van der Waals surface area contributed by atoms with Crippen LogP contribution in [0.1, 0.15) is 87.2 Å². The van der Waals surface area contributed by atoms with E-state index >= 15 is 0 Å². The standard InChI is InChI=1S/C38H47N3O5/c1-5-6-22-45-30-20-18-26(19-21-30)23-33(40-37(44)46-38(2,3)4)36(43)41-25-29-14-8-7-13-28(29)24-34(41)35(42)39-32-17-11-15-27-12-9-10-16-31(27)32/h7-10,12-14,16,18-21,32-34H,5-6,11,15,17,22-25H2,1-4H3,(H,39,42)(H,40,44)/t32-,33+,34+/m1/s1. The lowest BCUT2D eigenvalue weighted by atomic mass is 9.87. The van der Waals surface area contributed by atoms with E-state index in [0.717, 1.165) is 60.1 Å². The zero-order valence-electron chi connectivity index (χ0n) is 27.5. The Morgan fingerprint density at radius 3 is 2.35 bits per heavy atom. The molecule has 0 fully saturated rings. The highest BCUT2D eigenvalue weighted by molar-refractivity contribution is 5.92. The average Bonchev–Trinajstić information content (AvgIpc) is 3.03. The highest BCUT2D eigenvalue weighted by atomic mass is 16.6. The Morgan fingerprint density at radius 2 is 1.63 bits per heavy atom. The van der Waals surface area contributed by atoms with Crippen LogP contribution in [0.5, 0.6) is 5.75 Å². The number of alkyl carbamates (subject to hydrolysis) is 1. The molecule has 0 bridgehead atoms. The predicted molar refractivity (Wildman–Crippen MR) is 178 cm³/mol. The molecule has 0 aromatic heterocycles. The van der Waals surface area contributed by atoms with E-state index in [2.05, 4.69) is 29.7 Å². The normalized spacial score (nSPS) is 18.0. The second kappa shape index (κ2) is 14.8. The molecule has 1 aliphatic heterocycles. The summed E-state index contributed by atoms with van der Waals surface area (Å²) in [6, 6.07) is 22.0. The van der Waals surface area contributed by atoms with Gasteiger partial charge in [0.1, 0.15) is 23.4 Å². The van der Waals surface area contributed by atoms with Crippen molar-refractivity contribution in [2.24, 2.45) is 0 Å². The van der Waals surface area contributed by atoms with E-state index in [-0.39, 0.29) is 30.8 Å². The van der Waals surface area contributed by atoms with Gasteiger partial charge >= 0.3 is 6.09 Å². The number of hydrogen-bond acceptors (Lipinski definition) is 5. The van der Waals surface area contributed by atoms with E-state index in [0.29, 0.717) is 13.0 Å². The SMILES string of the molecule is CCCCOc1ccc(C[C@H](NC(=O)OC(C)(C)C)C(=O)N2Cc3ccccc3C[C@H]2C(=O)N[C@@H]2CCCc3ccccc32)cc1. The molecule has 8 nitrogen and oxygen atoms in total. The van der Waals surface area contributed by atoms with Gasteiger partial charge in [0.25, 0.3) is 0 Å². The second-order valence-corrected chi connectivity index (χ2v) is 13.4. The fraction of sp³-hybridized carbons (Fsp3) is 0.447. The lowest BCUT2D eigenvalue weighted by Crippen LogP contribution is -2.58. The lowest BCUT2D eigenvalue weighted by Gasteiger charge is -2.39. The van der Waals surface area contributed by atoms with E-state index in [1.54, 1.807) is 25.7 Å². The van der Waals surface area contributed by atoms with E-state index in [1.165, 1.54) is 5.56 Å². The molecule has 5 rings (SSSR count). The van der Waals surface area contributed by atoms with Gasteiger partial charge < -0.3 is 25.0 Å². The van der Waals surface area contributed by atoms with Gasteiger partial charge in [-0.2, -0.15) is 0 Å². The van der Waals surface area contributed by atoms with Crippen LogP contribution in [0.4, 0.5) is 4.79 Å². The van der Waals surface area contributed by atoms with Crippen LogP contribution in [0, 0.1) is 0 Å². The van der Waals surface area contributed by atoms with Gasteiger partial charge in [-0.1, -0.05) is 74.0 Å². The third-order valence-corrected chi connectivity index (χ3v) is 8.64. The van der Waals surface area contributed by atoms with E-state index < -0.39 is 23.8 Å². The number of hydrogen-bond donors (Lipinski definition) is 2. The highest BCUT2D eigenvalue weighted by Gasteiger charge is 2.39. The first-order valence-electron chi connectivity index (χ1n) is 16.6. The maximum Gasteiger partial charge on any atom is 0.408 e. The smallest absolute Gasteiger partial charge is 0.408 e. The van der Waals surface area contributed by atoms with Crippen molar-refractivity contribution in [2.45, 2.75) is 103 Å². The molecule has 0 saturated heterocycles. The summed E-state index contributed by atoms with van der Waals surface area (Å²) in [5.41, 5.74) is 4.55. The first-order chi connectivity index (χ1) is 22.1.